The highest BCUT2D eigenvalue weighted by atomic mass is 79.9. The number of nitrogens with one attached hydrogen (secondary N) is 1. The van der Waals surface area contributed by atoms with Crippen LogP contribution in [-0.4, -0.2) is 4.98 Å². The van der Waals surface area contributed by atoms with Crippen LogP contribution in [0.1, 0.15) is 5.69 Å². The fourth-order valence-electron chi connectivity index (χ4n) is 2.20. The van der Waals surface area contributed by atoms with E-state index in [2.05, 4.69) is 20.9 Å². The van der Waals surface area contributed by atoms with E-state index in [0.29, 0.717) is 9.86 Å². The van der Waals surface area contributed by atoms with Gasteiger partial charge in [0.15, 0.2) is 0 Å². The van der Waals surface area contributed by atoms with Crippen molar-refractivity contribution in [3.63, 3.8) is 0 Å². The minimum atomic E-state index is 0.0315. The molecule has 94 valence electrons. The van der Waals surface area contributed by atoms with Gasteiger partial charge in [-0.1, -0.05) is 36.4 Å². The first-order valence-corrected chi connectivity index (χ1v) is 6.83. The number of hydrogen-bond acceptors (Lipinski definition) is 1. The van der Waals surface area contributed by atoms with E-state index in [1.807, 2.05) is 55.5 Å². The summed E-state index contributed by atoms with van der Waals surface area (Å²) in [4.78, 5) is 15.5. The molecular formula is C16H12BrNO. The van der Waals surface area contributed by atoms with Crippen molar-refractivity contribution in [3.8, 4) is 11.1 Å². The molecule has 3 heteroatoms. The second-order valence-electron chi connectivity index (χ2n) is 4.52. The lowest BCUT2D eigenvalue weighted by atomic mass is 10.0. The van der Waals surface area contributed by atoms with Crippen molar-refractivity contribution >= 4 is 26.8 Å². The number of aryl methyl sites for hydroxylation is 1. The Labute approximate surface area is 119 Å². The lowest BCUT2D eigenvalue weighted by molar-refractivity contribution is 1.22. The number of aromatic amines is 1. The highest BCUT2D eigenvalue weighted by Gasteiger charge is 2.07. The average Bonchev–Trinajstić information content (AvgIpc) is 2.46. The van der Waals surface area contributed by atoms with E-state index >= 15 is 0 Å². The molecule has 0 unspecified atom stereocenters. The minimum Gasteiger partial charge on any atom is -0.357 e. The molecule has 0 spiro atoms. The maximum atomic E-state index is 12.3. The second kappa shape index (κ2) is 4.67. The third kappa shape index (κ3) is 2.10. The van der Waals surface area contributed by atoms with Crippen molar-refractivity contribution in [1.82, 2.24) is 4.98 Å². The number of pyridine rings is 1. The Kier molecular flexibility index (Phi) is 2.99. The summed E-state index contributed by atoms with van der Waals surface area (Å²) in [5.74, 6) is 0. The number of halogens is 1. The topological polar surface area (TPSA) is 32.9 Å². The van der Waals surface area contributed by atoms with Crippen LogP contribution in [0.5, 0.6) is 0 Å². The Balaban J connectivity index is 2.30. The molecule has 1 N–H and O–H groups in total. The highest BCUT2D eigenvalue weighted by Crippen LogP contribution is 2.23. The van der Waals surface area contributed by atoms with Crippen molar-refractivity contribution < 1.29 is 0 Å². The van der Waals surface area contributed by atoms with Gasteiger partial charge >= 0.3 is 0 Å². The fraction of sp³-hybridized carbons (Fsp3) is 0.0625. The third-order valence-electron chi connectivity index (χ3n) is 3.22. The molecule has 0 bridgehead atoms. The quantitative estimate of drug-likeness (QED) is 0.715. The molecule has 0 aliphatic heterocycles. The number of H-pyrrole nitrogens is 1. The number of aromatic nitrogens is 1. The Morgan fingerprint density at radius 3 is 2.47 bits per heavy atom. The maximum absolute atomic E-state index is 12.3. The standard InChI is InChI=1S/C16H12BrNO/c1-10-15(17)16(19)13-9-12(7-8-14(13)18-10)11-5-3-2-4-6-11/h2-9H,1H3,(H,18,19). The van der Waals surface area contributed by atoms with Gasteiger partial charge in [-0.15, -0.1) is 0 Å². The zero-order chi connectivity index (χ0) is 13.4. The molecule has 0 fully saturated rings. The number of fused-ring (bicyclic) bond motifs is 1. The maximum Gasteiger partial charge on any atom is 0.203 e. The van der Waals surface area contributed by atoms with E-state index in [0.717, 1.165) is 22.3 Å². The van der Waals surface area contributed by atoms with Gasteiger partial charge in [-0.2, -0.15) is 0 Å². The summed E-state index contributed by atoms with van der Waals surface area (Å²) >= 11 is 3.34. The summed E-state index contributed by atoms with van der Waals surface area (Å²) in [6.45, 7) is 1.88. The van der Waals surface area contributed by atoms with Crippen molar-refractivity contribution in [1.29, 1.82) is 0 Å². The van der Waals surface area contributed by atoms with Crippen LogP contribution in [0.4, 0.5) is 0 Å². The number of hydrogen-bond donors (Lipinski definition) is 1. The van der Waals surface area contributed by atoms with E-state index in [4.69, 9.17) is 0 Å². The molecule has 3 rings (SSSR count). The first kappa shape index (κ1) is 12.2. The SMILES string of the molecule is Cc1[nH]c2ccc(-c3ccccc3)cc2c(=O)c1Br. The van der Waals surface area contributed by atoms with E-state index in [1.165, 1.54) is 0 Å². The summed E-state index contributed by atoms with van der Waals surface area (Å²) in [5, 5.41) is 0.707. The van der Waals surface area contributed by atoms with E-state index in [1.54, 1.807) is 0 Å². The monoisotopic (exact) mass is 313 g/mol. The molecule has 1 aromatic heterocycles. The first-order valence-electron chi connectivity index (χ1n) is 6.04. The van der Waals surface area contributed by atoms with Crippen LogP contribution in [0.3, 0.4) is 0 Å². The van der Waals surface area contributed by atoms with Crippen LogP contribution in [0.15, 0.2) is 57.8 Å². The van der Waals surface area contributed by atoms with Crippen molar-refractivity contribution in [2.24, 2.45) is 0 Å². The van der Waals surface area contributed by atoms with Gasteiger partial charge < -0.3 is 4.98 Å². The summed E-state index contributed by atoms with van der Waals surface area (Å²) in [5.41, 5.74) is 3.91. The fourth-order valence-corrected chi connectivity index (χ4v) is 2.51. The van der Waals surface area contributed by atoms with Crippen LogP contribution in [0.25, 0.3) is 22.0 Å². The van der Waals surface area contributed by atoms with Crippen LogP contribution >= 0.6 is 15.9 Å². The van der Waals surface area contributed by atoms with Crippen LogP contribution < -0.4 is 5.43 Å². The lowest BCUT2D eigenvalue weighted by Crippen LogP contribution is -2.06. The predicted molar refractivity (Wildman–Crippen MR) is 82.4 cm³/mol. The van der Waals surface area contributed by atoms with Gasteiger partial charge in [-0.3, -0.25) is 4.79 Å². The van der Waals surface area contributed by atoms with Gasteiger partial charge in [-0.05, 0) is 46.1 Å². The van der Waals surface area contributed by atoms with Gasteiger partial charge in [0.1, 0.15) is 0 Å². The Bertz CT molecular complexity index is 806. The molecular weight excluding hydrogens is 302 g/mol. The zero-order valence-electron chi connectivity index (χ0n) is 10.4. The predicted octanol–water partition coefficient (Wildman–Crippen LogP) is 4.27. The molecule has 3 aromatic rings. The van der Waals surface area contributed by atoms with Gasteiger partial charge in [-0.25, -0.2) is 0 Å². The molecule has 19 heavy (non-hydrogen) atoms. The Morgan fingerprint density at radius 2 is 1.74 bits per heavy atom. The van der Waals surface area contributed by atoms with Crippen LogP contribution in [0, 0.1) is 6.92 Å². The first-order chi connectivity index (χ1) is 9.16. The Morgan fingerprint density at radius 1 is 1.00 bits per heavy atom. The average molecular weight is 314 g/mol. The highest BCUT2D eigenvalue weighted by molar-refractivity contribution is 9.10. The van der Waals surface area contributed by atoms with Gasteiger partial charge in [0.05, 0.1) is 4.47 Å². The molecule has 0 radical (unpaired) electrons. The molecule has 2 nitrogen and oxygen atoms in total. The molecule has 0 atom stereocenters. The minimum absolute atomic E-state index is 0.0315. The van der Waals surface area contributed by atoms with Gasteiger partial charge in [0.25, 0.3) is 0 Å². The van der Waals surface area contributed by atoms with E-state index in [-0.39, 0.29) is 5.43 Å². The largest absolute Gasteiger partial charge is 0.357 e. The molecule has 0 saturated carbocycles. The molecule has 0 aliphatic carbocycles. The molecule has 0 saturated heterocycles. The van der Waals surface area contributed by atoms with Gasteiger partial charge in [0.2, 0.25) is 5.43 Å². The molecule has 0 aliphatic rings. The normalized spacial score (nSPS) is 10.8. The summed E-state index contributed by atoms with van der Waals surface area (Å²) < 4.78 is 0.602. The van der Waals surface area contributed by atoms with Crippen molar-refractivity contribution in [2.45, 2.75) is 6.92 Å². The van der Waals surface area contributed by atoms with E-state index in [9.17, 15) is 4.79 Å². The third-order valence-corrected chi connectivity index (χ3v) is 4.18. The lowest BCUT2D eigenvalue weighted by Gasteiger charge is -2.06. The zero-order valence-corrected chi connectivity index (χ0v) is 12.0. The summed E-state index contributed by atoms with van der Waals surface area (Å²) in [6.07, 6.45) is 0. The van der Waals surface area contributed by atoms with Crippen LogP contribution in [-0.2, 0) is 0 Å². The van der Waals surface area contributed by atoms with Crippen molar-refractivity contribution in [3.05, 3.63) is 68.9 Å². The van der Waals surface area contributed by atoms with E-state index < -0.39 is 0 Å². The number of benzene rings is 2. The molecule has 0 amide bonds. The van der Waals surface area contributed by atoms with Crippen molar-refractivity contribution in [2.75, 3.05) is 0 Å². The molecule has 2 aromatic carbocycles. The summed E-state index contributed by atoms with van der Waals surface area (Å²) in [6, 6.07) is 16.0. The Hall–Kier alpha value is -1.87. The van der Waals surface area contributed by atoms with Crippen LogP contribution in [0.2, 0.25) is 0 Å². The van der Waals surface area contributed by atoms with Gasteiger partial charge in [0, 0.05) is 16.6 Å². The second-order valence-corrected chi connectivity index (χ2v) is 5.31. The smallest absolute Gasteiger partial charge is 0.203 e. The molecule has 1 heterocycles. The summed E-state index contributed by atoms with van der Waals surface area (Å²) in [7, 11) is 0. The number of rotatable bonds is 1.